The van der Waals surface area contributed by atoms with E-state index in [1.54, 1.807) is 17.0 Å². The van der Waals surface area contributed by atoms with Gasteiger partial charge in [-0.3, -0.25) is 14.5 Å². The van der Waals surface area contributed by atoms with E-state index in [0.29, 0.717) is 18.8 Å². The Kier molecular flexibility index (Phi) is 5.49. The summed E-state index contributed by atoms with van der Waals surface area (Å²) in [5, 5.41) is 9.26. The van der Waals surface area contributed by atoms with Crippen LogP contribution in [0.2, 0.25) is 0 Å². The summed E-state index contributed by atoms with van der Waals surface area (Å²) in [4.78, 5) is 35.2. The van der Waals surface area contributed by atoms with Crippen molar-refractivity contribution in [1.82, 2.24) is 14.7 Å². The van der Waals surface area contributed by atoms with E-state index in [0.717, 1.165) is 31.4 Å². The van der Waals surface area contributed by atoms with Crippen LogP contribution in [0, 0.1) is 23.8 Å². The van der Waals surface area contributed by atoms with Crippen molar-refractivity contribution in [3.05, 3.63) is 41.2 Å². The zero-order valence-electron chi connectivity index (χ0n) is 17.5. The fourth-order valence-electron chi connectivity index (χ4n) is 5.26. The summed E-state index contributed by atoms with van der Waals surface area (Å²) in [6.07, 6.45) is 2.44. The number of amides is 2. The third kappa shape index (κ3) is 3.44. The standard InChI is InChI=1S/C23H27N5O2/c1-15(22(29)27-10-4-5-19(27)12-24)13-26-14-20-11-21(26)23(30)28(20)16(2)17-6-8-18(25-3)9-7-17/h6-9,15-16,19-21H,4-5,10-11,13-14H2,1-2H3/t15-,16-,19-,20-,21-/m0/s1. The average molecular weight is 406 g/mol. The molecule has 0 aliphatic carbocycles. The minimum absolute atomic E-state index is 0.0272. The fraction of sp³-hybridized carbons (Fsp3) is 0.565. The Hall–Kier alpha value is -2.90. The second-order valence-corrected chi connectivity index (χ2v) is 8.70. The third-order valence-electron chi connectivity index (χ3n) is 6.85. The van der Waals surface area contributed by atoms with Gasteiger partial charge in [0.2, 0.25) is 11.8 Å². The van der Waals surface area contributed by atoms with E-state index in [9.17, 15) is 14.9 Å². The first-order valence-corrected chi connectivity index (χ1v) is 10.7. The molecule has 7 heteroatoms. The Bertz CT molecular complexity index is 915. The summed E-state index contributed by atoms with van der Waals surface area (Å²) in [5.74, 6) is -0.0683. The highest BCUT2D eigenvalue weighted by Gasteiger charge is 2.51. The van der Waals surface area contributed by atoms with Gasteiger partial charge in [0.1, 0.15) is 6.04 Å². The topological polar surface area (TPSA) is 72.0 Å². The summed E-state index contributed by atoms with van der Waals surface area (Å²) >= 11 is 0. The van der Waals surface area contributed by atoms with Gasteiger partial charge in [0.05, 0.1) is 24.7 Å². The molecule has 3 fully saturated rings. The molecule has 156 valence electrons. The van der Waals surface area contributed by atoms with Crippen LogP contribution in [0.4, 0.5) is 5.69 Å². The summed E-state index contributed by atoms with van der Waals surface area (Å²) in [5.41, 5.74) is 1.64. The van der Waals surface area contributed by atoms with Crippen LogP contribution < -0.4 is 0 Å². The highest BCUT2D eigenvalue weighted by molar-refractivity contribution is 5.86. The number of benzene rings is 1. The summed E-state index contributed by atoms with van der Waals surface area (Å²) in [6, 6.07) is 9.33. The van der Waals surface area contributed by atoms with Gasteiger partial charge in [-0.15, -0.1) is 0 Å². The van der Waals surface area contributed by atoms with Gasteiger partial charge in [0.15, 0.2) is 5.69 Å². The Labute approximate surface area is 177 Å². The smallest absolute Gasteiger partial charge is 0.240 e. The molecule has 4 rings (SSSR count). The molecule has 3 saturated heterocycles. The molecule has 7 nitrogen and oxygen atoms in total. The predicted molar refractivity (Wildman–Crippen MR) is 111 cm³/mol. The molecule has 2 bridgehead atoms. The zero-order chi connectivity index (χ0) is 21.4. The molecule has 3 aliphatic heterocycles. The molecule has 0 unspecified atom stereocenters. The molecule has 0 spiro atoms. The molecule has 1 aromatic rings. The van der Waals surface area contributed by atoms with Crippen LogP contribution in [0.1, 0.15) is 44.7 Å². The van der Waals surface area contributed by atoms with Crippen LogP contribution in [-0.4, -0.2) is 64.3 Å². The lowest BCUT2D eigenvalue weighted by Crippen LogP contribution is -2.53. The second-order valence-electron chi connectivity index (χ2n) is 8.70. The normalized spacial score (nSPS) is 27.7. The Morgan fingerprint density at radius 1 is 1.33 bits per heavy atom. The van der Waals surface area contributed by atoms with Crippen LogP contribution in [0.25, 0.3) is 4.85 Å². The number of likely N-dealkylation sites (tertiary alicyclic amines) is 3. The lowest BCUT2D eigenvalue weighted by molar-refractivity contribution is -0.142. The summed E-state index contributed by atoms with van der Waals surface area (Å²) < 4.78 is 0. The Balaban J connectivity index is 1.39. The maximum atomic E-state index is 13.1. The summed E-state index contributed by atoms with van der Waals surface area (Å²) in [7, 11) is 0. The number of hydrogen-bond donors (Lipinski definition) is 0. The van der Waals surface area contributed by atoms with E-state index >= 15 is 0 Å². The highest BCUT2D eigenvalue weighted by Crippen LogP contribution is 2.38. The molecule has 0 saturated carbocycles. The minimum atomic E-state index is -0.304. The Morgan fingerprint density at radius 2 is 2.07 bits per heavy atom. The molecule has 0 aromatic heterocycles. The Morgan fingerprint density at radius 3 is 2.70 bits per heavy atom. The molecule has 2 amide bonds. The van der Waals surface area contributed by atoms with Crippen molar-refractivity contribution < 1.29 is 9.59 Å². The lowest BCUT2D eigenvalue weighted by atomic mass is 10.0. The largest absolute Gasteiger partial charge is 0.330 e. The van der Waals surface area contributed by atoms with Gasteiger partial charge >= 0.3 is 0 Å². The predicted octanol–water partition coefficient (Wildman–Crippen LogP) is 2.73. The van der Waals surface area contributed by atoms with Gasteiger partial charge in [0, 0.05) is 31.6 Å². The van der Waals surface area contributed by atoms with Gasteiger partial charge < -0.3 is 9.80 Å². The third-order valence-corrected chi connectivity index (χ3v) is 6.85. The molecule has 0 radical (unpaired) electrons. The average Bonchev–Trinajstić information content (AvgIpc) is 3.47. The van der Waals surface area contributed by atoms with Crippen LogP contribution in [-0.2, 0) is 9.59 Å². The molecule has 0 N–H and O–H groups in total. The van der Waals surface area contributed by atoms with Crippen LogP contribution in [0.3, 0.4) is 0 Å². The number of hydrogen-bond acceptors (Lipinski definition) is 4. The van der Waals surface area contributed by atoms with Crippen molar-refractivity contribution in [2.75, 3.05) is 19.6 Å². The number of piperazine rings is 1. The van der Waals surface area contributed by atoms with Crippen LogP contribution >= 0.6 is 0 Å². The molecule has 3 aliphatic rings. The van der Waals surface area contributed by atoms with E-state index in [2.05, 4.69) is 15.8 Å². The molecule has 30 heavy (non-hydrogen) atoms. The SMILES string of the molecule is [C-]#[N+]c1ccc([C@H](C)N2C(=O)[C@@H]3C[C@H]2CN3C[C@H](C)C(=O)N2CCC[C@H]2C#N)cc1. The van der Waals surface area contributed by atoms with Crippen molar-refractivity contribution in [2.45, 2.75) is 57.3 Å². The van der Waals surface area contributed by atoms with Crippen molar-refractivity contribution in [2.24, 2.45) is 5.92 Å². The number of nitrogens with zero attached hydrogens (tertiary/aromatic N) is 5. The van der Waals surface area contributed by atoms with Crippen molar-refractivity contribution in [3.8, 4) is 6.07 Å². The molecular formula is C23H27N5O2. The van der Waals surface area contributed by atoms with Gasteiger partial charge in [-0.25, -0.2) is 4.85 Å². The number of carbonyl (C=O) groups excluding carboxylic acids is 2. The minimum Gasteiger partial charge on any atom is -0.330 e. The molecule has 3 heterocycles. The quantitative estimate of drug-likeness (QED) is 0.706. The number of carbonyl (C=O) groups is 2. The van der Waals surface area contributed by atoms with Crippen LogP contribution in [0.5, 0.6) is 0 Å². The first-order chi connectivity index (χ1) is 14.4. The van der Waals surface area contributed by atoms with Crippen LogP contribution in [0.15, 0.2) is 24.3 Å². The van der Waals surface area contributed by atoms with Gasteiger partial charge in [-0.05, 0) is 31.7 Å². The maximum absolute atomic E-state index is 13.1. The first kappa shape index (κ1) is 20.4. The van der Waals surface area contributed by atoms with E-state index in [1.807, 2.05) is 30.9 Å². The van der Waals surface area contributed by atoms with E-state index in [4.69, 9.17) is 6.57 Å². The van der Waals surface area contributed by atoms with E-state index < -0.39 is 0 Å². The second kappa shape index (κ2) is 8.08. The number of rotatable bonds is 5. The van der Waals surface area contributed by atoms with Crippen molar-refractivity contribution in [1.29, 1.82) is 5.26 Å². The maximum Gasteiger partial charge on any atom is 0.240 e. The van der Waals surface area contributed by atoms with E-state index in [-0.39, 0.29) is 41.9 Å². The monoisotopic (exact) mass is 405 g/mol. The highest BCUT2D eigenvalue weighted by atomic mass is 16.2. The van der Waals surface area contributed by atoms with Gasteiger partial charge in [0.25, 0.3) is 0 Å². The fourth-order valence-corrected chi connectivity index (χ4v) is 5.26. The molecule has 5 atom stereocenters. The van der Waals surface area contributed by atoms with Gasteiger partial charge in [-0.2, -0.15) is 5.26 Å². The number of fused-ring (bicyclic) bond motifs is 2. The van der Waals surface area contributed by atoms with Crippen molar-refractivity contribution in [3.63, 3.8) is 0 Å². The van der Waals surface area contributed by atoms with Gasteiger partial charge in [-0.1, -0.05) is 31.2 Å². The van der Waals surface area contributed by atoms with E-state index in [1.165, 1.54) is 0 Å². The lowest BCUT2D eigenvalue weighted by Gasteiger charge is -2.38. The molecular weight excluding hydrogens is 378 g/mol. The zero-order valence-corrected chi connectivity index (χ0v) is 17.5. The first-order valence-electron chi connectivity index (χ1n) is 10.7. The molecule has 1 aromatic carbocycles. The van der Waals surface area contributed by atoms with Crippen molar-refractivity contribution >= 4 is 17.5 Å². The number of nitriles is 1. The summed E-state index contributed by atoms with van der Waals surface area (Å²) in [6.45, 7) is 13.0.